The maximum absolute atomic E-state index is 12.1. The van der Waals surface area contributed by atoms with Gasteiger partial charge in [-0.25, -0.2) is 4.98 Å². The quantitative estimate of drug-likeness (QED) is 0.531. The first kappa shape index (κ1) is 17.0. The van der Waals surface area contributed by atoms with Crippen molar-refractivity contribution < 1.29 is 4.79 Å². The van der Waals surface area contributed by atoms with Crippen LogP contribution in [0.5, 0.6) is 0 Å². The van der Waals surface area contributed by atoms with E-state index in [1.165, 1.54) is 23.1 Å². The summed E-state index contributed by atoms with van der Waals surface area (Å²) in [5.74, 6) is -0.0172. The molecule has 1 amide bonds. The molecule has 0 saturated heterocycles. The Morgan fingerprint density at radius 2 is 2.17 bits per heavy atom. The fraction of sp³-hybridized carbons (Fsp3) is 0.188. The van der Waals surface area contributed by atoms with Gasteiger partial charge in [0.2, 0.25) is 5.91 Å². The molecule has 0 atom stereocenters. The van der Waals surface area contributed by atoms with Crippen molar-refractivity contribution in [1.82, 2.24) is 9.97 Å². The van der Waals surface area contributed by atoms with Crippen molar-refractivity contribution in [2.24, 2.45) is 0 Å². The number of nitrogens with one attached hydrogen (secondary N) is 2. The van der Waals surface area contributed by atoms with Crippen molar-refractivity contribution in [2.75, 3.05) is 11.1 Å². The number of aromatic amines is 1. The average Bonchev–Trinajstić information content (AvgIpc) is 2.89. The van der Waals surface area contributed by atoms with Crippen LogP contribution in [0.2, 0.25) is 5.02 Å². The van der Waals surface area contributed by atoms with E-state index in [0.29, 0.717) is 20.4 Å². The molecule has 0 unspecified atom stereocenters. The number of rotatable bonds is 4. The minimum absolute atomic E-state index is 0.154. The molecule has 124 valence electrons. The van der Waals surface area contributed by atoms with Gasteiger partial charge in [-0.3, -0.25) is 9.59 Å². The van der Waals surface area contributed by atoms with Crippen molar-refractivity contribution in [3.8, 4) is 0 Å². The molecule has 8 heteroatoms. The number of benzene rings is 1. The van der Waals surface area contributed by atoms with Crippen molar-refractivity contribution in [1.29, 1.82) is 0 Å². The van der Waals surface area contributed by atoms with Crippen LogP contribution < -0.4 is 10.9 Å². The Morgan fingerprint density at radius 3 is 2.92 bits per heavy atom. The van der Waals surface area contributed by atoms with E-state index in [2.05, 4.69) is 15.3 Å². The Balaban J connectivity index is 1.69. The summed E-state index contributed by atoms with van der Waals surface area (Å²) >= 11 is 8.56. The largest absolute Gasteiger partial charge is 0.325 e. The second-order valence-electron chi connectivity index (χ2n) is 5.24. The molecule has 2 N–H and O–H groups in total. The van der Waals surface area contributed by atoms with Crippen LogP contribution >= 0.6 is 34.7 Å². The molecular weight excluding hydrogens is 366 g/mol. The number of hydrogen-bond donors (Lipinski definition) is 2. The van der Waals surface area contributed by atoms with Crippen LogP contribution in [0, 0.1) is 13.8 Å². The Hall–Kier alpha value is -1.83. The predicted molar refractivity (Wildman–Crippen MR) is 101 cm³/mol. The number of halogens is 1. The average molecular weight is 380 g/mol. The number of thiophene rings is 1. The van der Waals surface area contributed by atoms with E-state index in [4.69, 9.17) is 11.6 Å². The van der Waals surface area contributed by atoms with Crippen LogP contribution in [0.15, 0.2) is 34.2 Å². The highest BCUT2D eigenvalue weighted by Gasteiger charge is 2.10. The number of anilines is 1. The Labute approximate surface area is 151 Å². The molecule has 0 aliphatic carbocycles. The van der Waals surface area contributed by atoms with E-state index in [9.17, 15) is 9.59 Å². The smallest absolute Gasteiger partial charge is 0.260 e. The van der Waals surface area contributed by atoms with Crippen molar-refractivity contribution in [3.05, 3.63) is 50.1 Å². The zero-order valence-electron chi connectivity index (χ0n) is 13.0. The summed E-state index contributed by atoms with van der Waals surface area (Å²) in [6.45, 7) is 3.81. The lowest BCUT2D eigenvalue weighted by atomic mass is 10.2. The van der Waals surface area contributed by atoms with E-state index in [-0.39, 0.29) is 17.2 Å². The first-order valence-corrected chi connectivity index (χ1v) is 9.29. The molecular formula is C16H14ClN3O2S2. The Bertz CT molecular complexity index is 981. The molecule has 5 nitrogen and oxygen atoms in total. The molecule has 0 bridgehead atoms. The minimum atomic E-state index is -0.180. The van der Waals surface area contributed by atoms with Gasteiger partial charge < -0.3 is 10.3 Å². The fourth-order valence-electron chi connectivity index (χ4n) is 2.19. The first-order valence-electron chi connectivity index (χ1n) is 7.11. The highest BCUT2D eigenvalue weighted by Crippen LogP contribution is 2.23. The molecule has 0 radical (unpaired) electrons. The summed E-state index contributed by atoms with van der Waals surface area (Å²) in [4.78, 5) is 32.9. The summed E-state index contributed by atoms with van der Waals surface area (Å²) in [5.41, 5.74) is 1.43. The Morgan fingerprint density at radius 1 is 1.38 bits per heavy atom. The monoisotopic (exact) mass is 379 g/mol. The molecule has 0 fully saturated rings. The van der Waals surface area contributed by atoms with Gasteiger partial charge in [0.1, 0.15) is 4.83 Å². The number of aromatic nitrogens is 2. The molecule has 2 heterocycles. The zero-order chi connectivity index (χ0) is 17.3. The molecule has 3 aromatic rings. The second kappa shape index (κ2) is 6.96. The van der Waals surface area contributed by atoms with Gasteiger partial charge >= 0.3 is 0 Å². The van der Waals surface area contributed by atoms with Crippen molar-refractivity contribution in [3.63, 3.8) is 0 Å². The maximum Gasteiger partial charge on any atom is 0.260 e. The predicted octanol–water partition coefficient (Wildman–Crippen LogP) is 3.99. The van der Waals surface area contributed by atoms with Crippen LogP contribution in [-0.2, 0) is 4.79 Å². The summed E-state index contributed by atoms with van der Waals surface area (Å²) in [6.07, 6.45) is 0. The number of hydrogen-bond acceptors (Lipinski definition) is 5. The number of nitrogens with zero attached hydrogens (tertiary/aromatic N) is 1. The van der Waals surface area contributed by atoms with Gasteiger partial charge in [-0.1, -0.05) is 23.4 Å². The topological polar surface area (TPSA) is 74.8 Å². The number of carbonyl (C=O) groups is 1. The standard InChI is InChI=1S/C16H14ClN3O2S2/c1-8-5-10(17)3-4-12(8)18-13(21)7-23-16-19-14(22)11-6-9(2)24-15(11)20-16/h3-6H,7H2,1-2H3,(H,18,21)(H,19,20,22). The van der Waals surface area contributed by atoms with Crippen molar-refractivity contribution >= 4 is 56.5 Å². The van der Waals surface area contributed by atoms with Gasteiger partial charge in [0.25, 0.3) is 5.56 Å². The van der Waals surface area contributed by atoms with Crippen LogP contribution in [0.4, 0.5) is 5.69 Å². The van der Waals surface area contributed by atoms with Gasteiger partial charge in [-0.2, -0.15) is 0 Å². The van der Waals surface area contributed by atoms with Gasteiger partial charge in [0.15, 0.2) is 5.16 Å². The molecule has 0 aliphatic heterocycles. The lowest BCUT2D eigenvalue weighted by Crippen LogP contribution is -2.16. The molecule has 0 aliphatic rings. The van der Waals surface area contributed by atoms with E-state index < -0.39 is 0 Å². The van der Waals surface area contributed by atoms with Gasteiger partial charge in [-0.05, 0) is 43.7 Å². The number of thioether (sulfide) groups is 1. The van der Waals surface area contributed by atoms with E-state index in [1.807, 2.05) is 19.9 Å². The van der Waals surface area contributed by atoms with Crippen LogP contribution in [0.1, 0.15) is 10.4 Å². The number of fused-ring (bicyclic) bond motifs is 1. The number of aryl methyl sites for hydroxylation is 2. The maximum atomic E-state index is 12.1. The molecule has 3 rings (SSSR count). The number of H-pyrrole nitrogens is 1. The summed E-state index contributed by atoms with van der Waals surface area (Å²) in [7, 11) is 0. The van der Waals surface area contributed by atoms with E-state index in [1.54, 1.807) is 18.2 Å². The minimum Gasteiger partial charge on any atom is -0.325 e. The number of carbonyl (C=O) groups excluding carboxylic acids is 1. The summed E-state index contributed by atoms with van der Waals surface area (Å²) in [6, 6.07) is 7.09. The normalized spacial score (nSPS) is 11.0. The highest BCUT2D eigenvalue weighted by atomic mass is 35.5. The van der Waals surface area contributed by atoms with Gasteiger partial charge in [0, 0.05) is 15.6 Å². The third-order valence-corrected chi connectivity index (χ3v) is 5.36. The van der Waals surface area contributed by atoms with Gasteiger partial charge in [-0.15, -0.1) is 11.3 Å². The highest BCUT2D eigenvalue weighted by molar-refractivity contribution is 7.99. The SMILES string of the molecule is Cc1cc2c(=O)[nH]c(SCC(=O)Nc3ccc(Cl)cc3C)nc2s1. The van der Waals surface area contributed by atoms with E-state index >= 15 is 0 Å². The zero-order valence-corrected chi connectivity index (χ0v) is 15.4. The lowest BCUT2D eigenvalue weighted by molar-refractivity contribution is -0.113. The number of amides is 1. The lowest BCUT2D eigenvalue weighted by Gasteiger charge is -2.08. The summed E-state index contributed by atoms with van der Waals surface area (Å²) < 4.78 is 0. The second-order valence-corrected chi connectivity index (χ2v) is 7.88. The third kappa shape index (κ3) is 3.80. The van der Waals surface area contributed by atoms with E-state index in [0.717, 1.165) is 16.1 Å². The molecule has 24 heavy (non-hydrogen) atoms. The van der Waals surface area contributed by atoms with Crippen LogP contribution in [0.3, 0.4) is 0 Å². The fourth-order valence-corrected chi connectivity index (χ4v) is 4.01. The molecule has 0 spiro atoms. The van der Waals surface area contributed by atoms with Crippen molar-refractivity contribution in [2.45, 2.75) is 19.0 Å². The first-order chi connectivity index (χ1) is 11.4. The molecule has 0 saturated carbocycles. The molecule has 2 aromatic heterocycles. The van der Waals surface area contributed by atoms with Crippen LogP contribution in [-0.4, -0.2) is 21.6 Å². The van der Waals surface area contributed by atoms with Gasteiger partial charge in [0.05, 0.1) is 11.1 Å². The third-order valence-electron chi connectivity index (χ3n) is 3.31. The Kier molecular flexibility index (Phi) is 4.93. The summed E-state index contributed by atoms with van der Waals surface area (Å²) in [5, 5.41) is 4.48. The molecule has 1 aromatic carbocycles. The van der Waals surface area contributed by atoms with Crippen LogP contribution in [0.25, 0.3) is 10.2 Å².